The Balaban J connectivity index is 1.87. The molecule has 1 aromatic heterocycles. The first-order valence-corrected chi connectivity index (χ1v) is 7.17. The fraction of sp³-hybridized carbons (Fsp3) is 0.438. The topological polar surface area (TPSA) is 44.0 Å². The fourth-order valence-corrected chi connectivity index (χ4v) is 2.04. The number of aromatic nitrogens is 2. The Labute approximate surface area is 121 Å². The van der Waals surface area contributed by atoms with Gasteiger partial charge in [-0.2, -0.15) is 5.10 Å². The number of H-pyrrole nitrogens is 1. The zero-order chi connectivity index (χ0) is 14.4. The number of likely N-dealkylation sites (N-methyl/N-ethyl adjacent to an activating group) is 1. The third-order valence-electron chi connectivity index (χ3n) is 3.62. The first-order chi connectivity index (χ1) is 9.68. The maximum atomic E-state index is 4.17. The van der Waals surface area contributed by atoms with Gasteiger partial charge in [0.2, 0.25) is 0 Å². The summed E-state index contributed by atoms with van der Waals surface area (Å²) >= 11 is 0. The second kappa shape index (κ2) is 7.22. The fourth-order valence-electron chi connectivity index (χ4n) is 2.04. The van der Waals surface area contributed by atoms with Crippen molar-refractivity contribution in [2.75, 3.05) is 20.1 Å². The highest BCUT2D eigenvalue weighted by molar-refractivity contribution is 5.62. The molecule has 2 aromatic rings. The molecule has 4 heteroatoms. The molecule has 0 aliphatic rings. The molecule has 0 saturated carbocycles. The number of benzene rings is 1. The van der Waals surface area contributed by atoms with Gasteiger partial charge in [0.15, 0.2) is 0 Å². The molecule has 1 heterocycles. The summed E-state index contributed by atoms with van der Waals surface area (Å²) in [5.41, 5.74) is 3.50. The minimum absolute atomic E-state index is 0.589. The summed E-state index contributed by atoms with van der Waals surface area (Å²) in [6.45, 7) is 7.30. The molecule has 0 radical (unpaired) electrons. The molecule has 0 saturated heterocycles. The minimum atomic E-state index is 0.589. The Morgan fingerprint density at radius 1 is 1.25 bits per heavy atom. The zero-order valence-electron chi connectivity index (χ0n) is 12.6. The van der Waals surface area contributed by atoms with E-state index < -0.39 is 0 Å². The van der Waals surface area contributed by atoms with Gasteiger partial charge in [-0.3, -0.25) is 5.10 Å². The third kappa shape index (κ3) is 3.92. The van der Waals surface area contributed by atoms with E-state index in [0.717, 1.165) is 25.3 Å². The highest BCUT2D eigenvalue weighted by atomic mass is 15.1. The summed E-state index contributed by atoms with van der Waals surface area (Å²) in [5, 5.41) is 10.7. The molecule has 0 amide bonds. The number of aromatic amines is 1. The predicted octanol–water partition coefficient (Wildman–Crippen LogP) is 2.51. The normalized spacial score (nSPS) is 11.4. The van der Waals surface area contributed by atoms with Crippen LogP contribution in [0.5, 0.6) is 0 Å². The summed E-state index contributed by atoms with van der Waals surface area (Å²) in [6.07, 6.45) is 1.90. The molecule has 0 aliphatic heterocycles. The summed E-state index contributed by atoms with van der Waals surface area (Å²) in [5.74, 6) is 0. The number of rotatable bonds is 7. The molecule has 2 rings (SSSR count). The van der Waals surface area contributed by atoms with Crippen LogP contribution < -0.4 is 5.32 Å². The maximum Gasteiger partial charge on any atom is 0.0695 e. The highest BCUT2D eigenvalue weighted by Crippen LogP contribution is 2.20. The van der Waals surface area contributed by atoms with Gasteiger partial charge >= 0.3 is 0 Å². The zero-order valence-corrected chi connectivity index (χ0v) is 12.6. The van der Waals surface area contributed by atoms with Crippen molar-refractivity contribution in [3.8, 4) is 11.3 Å². The van der Waals surface area contributed by atoms with Crippen LogP contribution >= 0.6 is 0 Å². The Morgan fingerprint density at radius 3 is 2.70 bits per heavy atom. The number of nitrogens with one attached hydrogen (secondary N) is 2. The van der Waals surface area contributed by atoms with Gasteiger partial charge in [-0.05, 0) is 26.5 Å². The lowest BCUT2D eigenvalue weighted by Crippen LogP contribution is -2.33. The van der Waals surface area contributed by atoms with Gasteiger partial charge < -0.3 is 10.2 Å². The van der Waals surface area contributed by atoms with Crippen LogP contribution in [0, 0.1) is 0 Å². The molecule has 0 aliphatic carbocycles. The average molecular weight is 272 g/mol. The molecule has 0 atom stereocenters. The van der Waals surface area contributed by atoms with Crippen LogP contribution in [0.25, 0.3) is 11.3 Å². The molecule has 2 N–H and O–H groups in total. The Kier molecular flexibility index (Phi) is 5.32. The van der Waals surface area contributed by atoms with Crippen LogP contribution in [-0.2, 0) is 6.54 Å². The summed E-state index contributed by atoms with van der Waals surface area (Å²) in [4.78, 5) is 2.33. The Bertz CT molecular complexity index is 504. The molecule has 108 valence electrons. The first kappa shape index (κ1) is 14.8. The van der Waals surface area contributed by atoms with E-state index in [0.29, 0.717) is 6.04 Å². The summed E-state index contributed by atoms with van der Waals surface area (Å²) in [7, 11) is 2.15. The van der Waals surface area contributed by atoms with Crippen LogP contribution in [-0.4, -0.2) is 41.3 Å². The largest absolute Gasteiger partial charge is 0.311 e. The van der Waals surface area contributed by atoms with E-state index in [1.54, 1.807) is 0 Å². The quantitative estimate of drug-likeness (QED) is 0.761. The maximum absolute atomic E-state index is 4.17. The molecule has 1 aromatic carbocycles. The second-order valence-corrected chi connectivity index (χ2v) is 5.39. The molecule has 0 bridgehead atoms. The molecular formula is C16H24N4. The van der Waals surface area contributed by atoms with E-state index in [9.17, 15) is 0 Å². The highest BCUT2D eigenvalue weighted by Gasteiger charge is 2.07. The second-order valence-electron chi connectivity index (χ2n) is 5.39. The Hall–Kier alpha value is -1.65. The lowest BCUT2D eigenvalue weighted by atomic mass is 10.1. The smallest absolute Gasteiger partial charge is 0.0695 e. The van der Waals surface area contributed by atoms with Crippen LogP contribution in [0.15, 0.2) is 36.5 Å². The van der Waals surface area contributed by atoms with Crippen LogP contribution in [0.4, 0.5) is 0 Å². The lowest BCUT2D eigenvalue weighted by Gasteiger charge is -2.20. The molecular weight excluding hydrogens is 248 g/mol. The molecule has 0 fully saturated rings. The van der Waals surface area contributed by atoms with Crippen molar-refractivity contribution in [3.05, 3.63) is 42.1 Å². The van der Waals surface area contributed by atoms with Gasteiger partial charge in [0.05, 0.1) is 11.9 Å². The lowest BCUT2D eigenvalue weighted by molar-refractivity contribution is 0.273. The van der Waals surface area contributed by atoms with E-state index in [1.165, 1.54) is 11.1 Å². The van der Waals surface area contributed by atoms with Crippen molar-refractivity contribution < 1.29 is 0 Å². The van der Waals surface area contributed by atoms with Gasteiger partial charge in [-0.25, -0.2) is 0 Å². The monoisotopic (exact) mass is 272 g/mol. The van der Waals surface area contributed by atoms with E-state index >= 15 is 0 Å². The SMILES string of the molecule is CC(C)N(C)CCNCc1cn[nH]c1-c1ccccc1. The van der Waals surface area contributed by atoms with Gasteiger partial charge in [0.1, 0.15) is 0 Å². The van der Waals surface area contributed by atoms with Crippen molar-refractivity contribution in [1.82, 2.24) is 20.4 Å². The Morgan fingerprint density at radius 2 is 2.00 bits per heavy atom. The van der Waals surface area contributed by atoms with E-state index in [-0.39, 0.29) is 0 Å². The van der Waals surface area contributed by atoms with Crippen molar-refractivity contribution in [3.63, 3.8) is 0 Å². The average Bonchev–Trinajstić information content (AvgIpc) is 2.92. The van der Waals surface area contributed by atoms with Gasteiger partial charge in [0, 0.05) is 31.2 Å². The van der Waals surface area contributed by atoms with Crippen molar-refractivity contribution in [1.29, 1.82) is 0 Å². The molecule has 4 nitrogen and oxygen atoms in total. The first-order valence-electron chi connectivity index (χ1n) is 7.17. The van der Waals surface area contributed by atoms with Gasteiger partial charge in [-0.15, -0.1) is 0 Å². The van der Waals surface area contributed by atoms with Crippen molar-refractivity contribution in [2.24, 2.45) is 0 Å². The van der Waals surface area contributed by atoms with Crippen molar-refractivity contribution >= 4 is 0 Å². The predicted molar refractivity (Wildman–Crippen MR) is 83.5 cm³/mol. The van der Waals surface area contributed by atoms with Gasteiger partial charge in [-0.1, -0.05) is 30.3 Å². The van der Waals surface area contributed by atoms with Gasteiger partial charge in [0.25, 0.3) is 0 Å². The number of hydrogen-bond donors (Lipinski definition) is 2. The molecule has 0 spiro atoms. The van der Waals surface area contributed by atoms with Crippen LogP contribution in [0.1, 0.15) is 19.4 Å². The summed E-state index contributed by atoms with van der Waals surface area (Å²) in [6, 6.07) is 10.9. The third-order valence-corrected chi connectivity index (χ3v) is 3.62. The minimum Gasteiger partial charge on any atom is -0.311 e. The number of hydrogen-bond acceptors (Lipinski definition) is 3. The van der Waals surface area contributed by atoms with E-state index in [4.69, 9.17) is 0 Å². The standard InChI is InChI=1S/C16H24N4/c1-13(2)20(3)10-9-17-11-15-12-18-19-16(15)14-7-5-4-6-8-14/h4-8,12-13,17H,9-11H2,1-3H3,(H,18,19). The molecule has 20 heavy (non-hydrogen) atoms. The summed E-state index contributed by atoms with van der Waals surface area (Å²) < 4.78 is 0. The van der Waals surface area contributed by atoms with Crippen LogP contribution in [0.3, 0.4) is 0 Å². The number of nitrogens with zero attached hydrogens (tertiary/aromatic N) is 2. The van der Waals surface area contributed by atoms with Crippen LogP contribution in [0.2, 0.25) is 0 Å². The van der Waals surface area contributed by atoms with E-state index in [1.807, 2.05) is 24.4 Å². The van der Waals surface area contributed by atoms with E-state index in [2.05, 4.69) is 53.4 Å². The molecule has 0 unspecified atom stereocenters. The van der Waals surface area contributed by atoms with Crippen molar-refractivity contribution in [2.45, 2.75) is 26.4 Å².